The van der Waals surface area contributed by atoms with Crippen molar-refractivity contribution in [3.05, 3.63) is 53.7 Å². The van der Waals surface area contributed by atoms with E-state index >= 15 is 0 Å². The number of pyridine rings is 1. The molecule has 2 aromatic rings. The van der Waals surface area contributed by atoms with Crippen LogP contribution in [0.2, 0.25) is 0 Å². The van der Waals surface area contributed by atoms with Crippen molar-refractivity contribution in [3.8, 4) is 0 Å². The maximum Gasteiger partial charge on any atom is 0.170 e. The van der Waals surface area contributed by atoms with Gasteiger partial charge in [0, 0.05) is 19.3 Å². The van der Waals surface area contributed by atoms with Gasteiger partial charge in [0.15, 0.2) is 5.11 Å². The fraction of sp³-hybridized carbons (Fsp3) is 0.412. The molecule has 122 valence electrons. The molecule has 1 aliphatic rings. The minimum Gasteiger partial charge on any atom is -0.464 e. The lowest BCUT2D eigenvalue weighted by Crippen LogP contribution is -2.35. The summed E-state index contributed by atoms with van der Waals surface area (Å²) in [6, 6.07) is 10.00. The van der Waals surface area contributed by atoms with Crippen molar-refractivity contribution in [2.75, 3.05) is 27.2 Å². The van der Waals surface area contributed by atoms with Crippen molar-refractivity contribution in [1.29, 1.82) is 0 Å². The van der Waals surface area contributed by atoms with Crippen LogP contribution in [0.5, 0.6) is 0 Å². The molecule has 3 heterocycles. The summed E-state index contributed by atoms with van der Waals surface area (Å²) in [5.74, 6) is 1.83. The van der Waals surface area contributed by atoms with Gasteiger partial charge in [0.05, 0.1) is 11.7 Å². The van der Waals surface area contributed by atoms with Crippen LogP contribution >= 0.6 is 12.2 Å². The molecule has 0 saturated carbocycles. The normalized spacial score (nSPS) is 21.0. The average Bonchev–Trinajstić information content (AvgIpc) is 3.09. The van der Waals surface area contributed by atoms with Gasteiger partial charge in [-0.2, -0.15) is 0 Å². The molecule has 1 N–H and O–H groups in total. The van der Waals surface area contributed by atoms with Gasteiger partial charge in [-0.05, 0) is 57.5 Å². The number of thiocarbonyl (C=S) groups is 1. The second kappa shape index (κ2) is 6.68. The van der Waals surface area contributed by atoms with Gasteiger partial charge >= 0.3 is 0 Å². The van der Waals surface area contributed by atoms with E-state index in [-0.39, 0.29) is 12.1 Å². The highest BCUT2D eigenvalue weighted by atomic mass is 32.1. The number of hydrogen-bond donors (Lipinski definition) is 1. The summed E-state index contributed by atoms with van der Waals surface area (Å²) < 4.78 is 5.92. The fourth-order valence-corrected chi connectivity index (χ4v) is 3.21. The Kier molecular flexibility index (Phi) is 4.63. The minimum absolute atomic E-state index is 0.00332. The Morgan fingerprint density at radius 3 is 2.74 bits per heavy atom. The molecule has 2 unspecified atom stereocenters. The number of furan rings is 1. The smallest absolute Gasteiger partial charge is 0.170 e. The third-order valence-corrected chi connectivity index (χ3v) is 4.39. The molecule has 0 radical (unpaired) electrons. The zero-order chi connectivity index (χ0) is 16.4. The van der Waals surface area contributed by atoms with E-state index in [0.29, 0.717) is 0 Å². The summed E-state index contributed by atoms with van der Waals surface area (Å²) in [5.41, 5.74) is 0.973. The fourth-order valence-electron chi connectivity index (χ4n) is 2.88. The van der Waals surface area contributed by atoms with Crippen LogP contribution in [-0.4, -0.2) is 47.1 Å². The van der Waals surface area contributed by atoms with Crippen molar-refractivity contribution in [3.63, 3.8) is 0 Å². The molecule has 1 saturated heterocycles. The Morgan fingerprint density at radius 1 is 1.30 bits per heavy atom. The van der Waals surface area contributed by atoms with Crippen LogP contribution in [0.1, 0.15) is 29.3 Å². The molecule has 1 fully saturated rings. The standard InChI is InChI=1S/C17H22N4OS/c1-12-7-8-14(22-12)16-15(13-6-4-5-9-18-13)19-17(23)21(16)11-10-20(2)3/h4-9,15-16H,10-11H2,1-3H3,(H,19,23). The SMILES string of the molecule is Cc1ccc(C2C(c3ccccn3)NC(=S)N2CCN(C)C)o1. The number of aryl methyl sites for hydroxylation is 1. The van der Waals surface area contributed by atoms with Gasteiger partial charge in [-0.1, -0.05) is 6.07 Å². The third kappa shape index (κ3) is 3.38. The first-order valence-corrected chi connectivity index (χ1v) is 8.16. The van der Waals surface area contributed by atoms with Crippen LogP contribution in [0, 0.1) is 6.92 Å². The number of aromatic nitrogens is 1. The van der Waals surface area contributed by atoms with E-state index in [9.17, 15) is 0 Å². The van der Waals surface area contributed by atoms with E-state index in [2.05, 4.69) is 34.2 Å². The first-order chi connectivity index (χ1) is 11.1. The van der Waals surface area contributed by atoms with Gasteiger partial charge < -0.3 is 19.5 Å². The van der Waals surface area contributed by atoms with Gasteiger partial charge in [-0.25, -0.2) is 0 Å². The van der Waals surface area contributed by atoms with Crippen LogP contribution in [0.25, 0.3) is 0 Å². The quantitative estimate of drug-likeness (QED) is 0.850. The highest BCUT2D eigenvalue weighted by Gasteiger charge is 2.41. The Balaban J connectivity index is 1.94. The molecule has 0 bridgehead atoms. The Morgan fingerprint density at radius 2 is 2.13 bits per heavy atom. The van der Waals surface area contributed by atoms with E-state index < -0.39 is 0 Å². The zero-order valence-electron chi connectivity index (χ0n) is 13.7. The average molecular weight is 330 g/mol. The van der Waals surface area contributed by atoms with Gasteiger partial charge in [-0.3, -0.25) is 4.98 Å². The van der Waals surface area contributed by atoms with E-state index in [0.717, 1.165) is 35.4 Å². The molecule has 1 aliphatic heterocycles. The van der Waals surface area contributed by atoms with Crippen LogP contribution in [0.15, 0.2) is 40.9 Å². The van der Waals surface area contributed by atoms with Crippen LogP contribution in [0.4, 0.5) is 0 Å². The molecular weight excluding hydrogens is 308 g/mol. The van der Waals surface area contributed by atoms with E-state index in [1.54, 1.807) is 0 Å². The largest absolute Gasteiger partial charge is 0.464 e. The molecule has 0 aromatic carbocycles. The van der Waals surface area contributed by atoms with Crippen molar-refractivity contribution in [2.45, 2.75) is 19.0 Å². The number of nitrogens with zero attached hydrogens (tertiary/aromatic N) is 3. The summed E-state index contributed by atoms with van der Waals surface area (Å²) in [5, 5.41) is 4.17. The lowest BCUT2D eigenvalue weighted by Gasteiger charge is -2.27. The van der Waals surface area contributed by atoms with Crippen LogP contribution in [0.3, 0.4) is 0 Å². The number of rotatable bonds is 5. The van der Waals surface area contributed by atoms with Gasteiger partial charge in [0.2, 0.25) is 0 Å². The van der Waals surface area contributed by atoms with Crippen molar-refractivity contribution in [1.82, 2.24) is 20.1 Å². The maximum atomic E-state index is 5.92. The molecule has 3 rings (SSSR count). The molecule has 0 aliphatic carbocycles. The topological polar surface area (TPSA) is 44.5 Å². The van der Waals surface area contributed by atoms with Crippen molar-refractivity contribution in [2.24, 2.45) is 0 Å². The molecule has 6 heteroatoms. The van der Waals surface area contributed by atoms with Gasteiger partial charge in [-0.15, -0.1) is 0 Å². The van der Waals surface area contributed by atoms with Crippen molar-refractivity contribution < 1.29 is 4.42 Å². The molecule has 5 nitrogen and oxygen atoms in total. The minimum atomic E-state index is -0.00332. The first-order valence-electron chi connectivity index (χ1n) is 7.75. The summed E-state index contributed by atoms with van der Waals surface area (Å²) in [4.78, 5) is 8.86. The van der Waals surface area contributed by atoms with Gasteiger partial charge in [0.1, 0.15) is 17.6 Å². The molecular formula is C17H22N4OS. The van der Waals surface area contributed by atoms with Gasteiger partial charge in [0.25, 0.3) is 0 Å². The number of hydrogen-bond acceptors (Lipinski definition) is 4. The summed E-state index contributed by atoms with van der Waals surface area (Å²) in [7, 11) is 4.13. The predicted octanol–water partition coefficient (Wildman–Crippen LogP) is 2.52. The third-order valence-electron chi connectivity index (χ3n) is 4.04. The molecule has 2 aromatic heterocycles. The number of nitrogens with one attached hydrogen (secondary N) is 1. The zero-order valence-corrected chi connectivity index (χ0v) is 14.5. The molecule has 2 atom stereocenters. The Labute approximate surface area is 142 Å². The summed E-state index contributed by atoms with van der Waals surface area (Å²) >= 11 is 5.58. The van der Waals surface area contributed by atoms with E-state index in [1.807, 2.05) is 43.5 Å². The molecule has 23 heavy (non-hydrogen) atoms. The summed E-state index contributed by atoms with van der Waals surface area (Å²) in [6.07, 6.45) is 1.81. The second-order valence-corrected chi connectivity index (χ2v) is 6.46. The number of likely N-dealkylation sites (N-methyl/N-ethyl adjacent to an activating group) is 1. The lowest BCUT2D eigenvalue weighted by atomic mass is 10.0. The van der Waals surface area contributed by atoms with E-state index in [1.165, 1.54) is 0 Å². The second-order valence-electron chi connectivity index (χ2n) is 6.07. The maximum absolute atomic E-state index is 5.92. The van der Waals surface area contributed by atoms with Crippen molar-refractivity contribution >= 4 is 17.3 Å². The highest BCUT2D eigenvalue weighted by Crippen LogP contribution is 2.38. The summed E-state index contributed by atoms with van der Waals surface area (Å²) in [6.45, 7) is 3.73. The molecule has 0 amide bonds. The Bertz CT molecular complexity index is 670. The van der Waals surface area contributed by atoms with E-state index in [4.69, 9.17) is 16.6 Å². The lowest BCUT2D eigenvalue weighted by molar-refractivity contribution is 0.246. The van der Waals surface area contributed by atoms with Crippen LogP contribution < -0.4 is 5.32 Å². The predicted molar refractivity (Wildman–Crippen MR) is 94.2 cm³/mol. The Hall–Kier alpha value is -1.92. The molecule has 0 spiro atoms. The monoisotopic (exact) mass is 330 g/mol. The first kappa shape index (κ1) is 16.0. The highest BCUT2D eigenvalue weighted by molar-refractivity contribution is 7.80. The van der Waals surface area contributed by atoms with Crippen LogP contribution in [-0.2, 0) is 0 Å².